The van der Waals surface area contributed by atoms with Crippen molar-refractivity contribution in [3.63, 3.8) is 0 Å². The van der Waals surface area contributed by atoms with Crippen LogP contribution in [0, 0.1) is 20.8 Å². The highest BCUT2D eigenvalue weighted by Gasteiger charge is 2.14. The lowest BCUT2D eigenvalue weighted by Crippen LogP contribution is -2.11. The molecule has 0 bridgehead atoms. The first kappa shape index (κ1) is 19.9. The topological polar surface area (TPSA) is 73.0 Å². The van der Waals surface area contributed by atoms with Gasteiger partial charge in [-0.25, -0.2) is 4.98 Å². The van der Waals surface area contributed by atoms with E-state index >= 15 is 0 Å². The number of aryl methyl sites for hydroxylation is 3. The highest BCUT2D eigenvalue weighted by Crippen LogP contribution is 2.24. The molecule has 0 atom stereocenters. The van der Waals surface area contributed by atoms with Crippen LogP contribution in [-0.2, 0) is 6.54 Å². The molecule has 0 aliphatic rings. The molecule has 0 unspecified atom stereocenters. The molecule has 0 saturated carbocycles. The fourth-order valence-electron chi connectivity index (χ4n) is 3.20. The number of amides is 1. The minimum atomic E-state index is -0.218. The maximum Gasteiger partial charge on any atom is 0.255 e. The molecule has 1 amide bonds. The van der Waals surface area contributed by atoms with Gasteiger partial charge in [0.05, 0.1) is 12.2 Å². The van der Waals surface area contributed by atoms with Crippen LogP contribution in [0.5, 0.6) is 0 Å². The van der Waals surface area contributed by atoms with Crippen LogP contribution in [0.1, 0.15) is 33.2 Å². The molecular weight excluding hydrogens is 400 g/mol. The van der Waals surface area contributed by atoms with Gasteiger partial charge in [0.1, 0.15) is 11.5 Å². The summed E-state index contributed by atoms with van der Waals surface area (Å²) in [5.41, 5.74) is 4.91. The van der Waals surface area contributed by atoms with E-state index in [1.54, 1.807) is 24.3 Å². The Morgan fingerprint density at radius 2 is 1.87 bits per heavy atom. The van der Waals surface area contributed by atoms with Crippen LogP contribution in [0.2, 0.25) is 5.02 Å². The Morgan fingerprint density at radius 1 is 1.10 bits per heavy atom. The molecule has 30 heavy (non-hydrogen) atoms. The molecule has 0 aliphatic carbocycles. The number of halogens is 1. The van der Waals surface area contributed by atoms with Gasteiger partial charge in [0.2, 0.25) is 5.89 Å². The molecular formula is C23H21ClN4O2. The molecule has 0 spiro atoms. The number of anilines is 1. The van der Waals surface area contributed by atoms with E-state index in [-0.39, 0.29) is 5.91 Å². The average molecular weight is 421 g/mol. The van der Waals surface area contributed by atoms with Gasteiger partial charge in [0, 0.05) is 27.5 Å². The van der Waals surface area contributed by atoms with Crippen LogP contribution in [0.25, 0.3) is 11.5 Å². The van der Waals surface area contributed by atoms with Crippen LogP contribution in [-0.4, -0.2) is 20.7 Å². The summed E-state index contributed by atoms with van der Waals surface area (Å²) in [5, 5.41) is 7.87. The number of hydrogen-bond donors (Lipinski definition) is 1. The molecule has 6 nitrogen and oxygen atoms in total. The standard InChI is InChI=1S/C23H21ClN4O2/c1-14-11-15(2)28(27-14)13-21-16(3)30-23(26-21)17-7-9-20(10-8-17)25-22(29)18-5-4-6-19(24)12-18/h4-12H,13H2,1-3H3,(H,25,29). The highest BCUT2D eigenvalue weighted by atomic mass is 35.5. The highest BCUT2D eigenvalue weighted by molar-refractivity contribution is 6.31. The van der Waals surface area contributed by atoms with E-state index < -0.39 is 0 Å². The van der Waals surface area contributed by atoms with Crippen molar-refractivity contribution in [2.75, 3.05) is 5.32 Å². The third kappa shape index (κ3) is 4.28. The fraction of sp³-hybridized carbons (Fsp3) is 0.174. The lowest BCUT2D eigenvalue weighted by atomic mass is 10.2. The Labute approximate surface area is 179 Å². The van der Waals surface area contributed by atoms with Crippen molar-refractivity contribution in [3.8, 4) is 11.5 Å². The Hall–Kier alpha value is -3.38. The number of carbonyl (C=O) groups excluding carboxylic acids is 1. The molecule has 4 rings (SSSR count). The fourth-order valence-corrected chi connectivity index (χ4v) is 3.39. The van der Waals surface area contributed by atoms with Gasteiger partial charge in [-0.2, -0.15) is 5.10 Å². The summed E-state index contributed by atoms with van der Waals surface area (Å²) in [6.45, 7) is 6.45. The van der Waals surface area contributed by atoms with Gasteiger partial charge in [-0.1, -0.05) is 17.7 Å². The van der Waals surface area contributed by atoms with Crippen LogP contribution in [0.3, 0.4) is 0 Å². The van der Waals surface area contributed by atoms with Gasteiger partial charge >= 0.3 is 0 Å². The van der Waals surface area contributed by atoms with Gasteiger partial charge in [-0.05, 0) is 69.3 Å². The second kappa shape index (κ2) is 8.16. The SMILES string of the molecule is Cc1cc(C)n(Cc2nc(-c3ccc(NC(=O)c4cccc(Cl)c4)cc3)oc2C)n1. The molecule has 1 N–H and O–H groups in total. The van der Waals surface area contributed by atoms with Crippen LogP contribution in [0.4, 0.5) is 5.69 Å². The van der Waals surface area contributed by atoms with E-state index in [9.17, 15) is 4.79 Å². The van der Waals surface area contributed by atoms with Gasteiger partial charge in [0.15, 0.2) is 0 Å². The minimum Gasteiger partial charge on any atom is -0.441 e. The summed E-state index contributed by atoms with van der Waals surface area (Å²) in [7, 11) is 0. The van der Waals surface area contributed by atoms with E-state index in [2.05, 4.69) is 15.4 Å². The van der Waals surface area contributed by atoms with Gasteiger partial charge in [0.25, 0.3) is 5.91 Å². The molecule has 4 aromatic rings. The Kier molecular flexibility index (Phi) is 5.42. The molecule has 0 radical (unpaired) electrons. The summed E-state index contributed by atoms with van der Waals surface area (Å²) in [4.78, 5) is 17.0. The van der Waals surface area contributed by atoms with Gasteiger partial charge in [-0.15, -0.1) is 0 Å². The van der Waals surface area contributed by atoms with Crippen molar-refractivity contribution in [2.24, 2.45) is 0 Å². The summed E-state index contributed by atoms with van der Waals surface area (Å²) in [5.74, 6) is 1.08. The Bertz CT molecular complexity index is 1210. The summed E-state index contributed by atoms with van der Waals surface area (Å²) in [6.07, 6.45) is 0. The van der Waals surface area contributed by atoms with E-state index in [1.165, 1.54) is 0 Å². The largest absolute Gasteiger partial charge is 0.441 e. The lowest BCUT2D eigenvalue weighted by molar-refractivity contribution is 0.102. The summed E-state index contributed by atoms with van der Waals surface area (Å²) < 4.78 is 7.78. The van der Waals surface area contributed by atoms with Crippen molar-refractivity contribution in [2.45, 2.75) is 27.3 Å². The number of aromatic nitrogens is 3. The Morgan fingerprint density at radius 3 is 2.53 bits per heavy atom. The molecule has 2 aromatic carbocycles. The number of hydrogen-bond acceptors (Lipinski definition) is 4. The zero-order valence-corrected chi connectivity index (χ0v) is 17.7. The number of rotatable bonds is 5. The van der Waals surface area contributed by atoms with Crippen LogP contribution >= 0.6 is 11.6 Å². The monoisotopic (exact) mass is 420 g/mol. The maximum atomic E-state index is 12.4. The third-order valence-corrected chi connectivity index (χ3v) is 5.01. The van der Waals surface area contributed by atoms with Gasteiger partial charge < -0.3 is 9.73 Å². The van der Waals surface area contributed by atoms with E-state index in [0.29, 0.717) is 28.7 Å². The minimum absolute atomic E-state index is 0.218. The quantitative estimate of drug-likeness (QED) is 0.468. The zero-order chi connectivity index (χ0) is 21.3. The zero-order valence-electron chi connectivity index (χ0n) is 16.9. The van der Waals surface area contributed by atoms with E-state index in [4.69, 9.17) is 16.0 Å². The van der Waals surface area contributed by atoms with Gasteiger partial charge in [-0.3, -0.25) is 9.48 Å². The average Bonchev–Trinajstić information content (AvgIpc) is 3.23. The van der Waals surface area contributed by atoms with Crippen molar-refractivity contribution < 1.29 is 9.21 Å². The first-order chi connectivity index (χ1) is 14.4. The Balaban J connectivity index is 1.49. The van der Waals surface area contributed by atoms with Crippen LogP contribution in [0.15, 0.2) is 59.0 Å². The van der Waals surface area contributed by atoms with E-state index in [0.717, 1.165) is 28.4 Å². The number of nitrogens with zero attached hydrogens (tertiary/aromatic N) is 3. The normalized spacial score (nSPS) is 10.9. The lowest BCUT2D eigenvalue weighted by Gasteiger charge is -2.06. The van der Waals surface area contributed by atoms with Crippen molar-refractivity contribution in [3.05, 3.63) is 88.0 Å². The molecule has 7 heteroatoms. The van der Waals surface area contributed by atoms with Crippen molar-refractivity contribution in [1.29, 1.82) is 0 Å². The predicted molar refractivity (Wildman–Crippen MR) is 117 cm³/mol. The molecule has 2 heterocycles. The predicted octanol–water partition coefficient (Wildman–Crippen LogP) is 5.42. The number of nitrogens with one attached hydrogen (secondary N) is 1. The van der Waals surface area contributed by atoms with E-state index in [1.807, 2.05) is 55.8 Å². The maximum absolute atomic E-state index is 12.4. The molecule has 0 aliphatic heterocycles. The molecule has 0 fully saturated rings. The number of oxazole rings is 1. The summed E-state index contributed by atoms with van der Waals surface area (Å²) in [6, 6.07) is 16.2. The molecule has 0 saturated heterocycles. The molecule has 152 valence electrons. The molecule has 2 aromatic heterocycles. The van der Waals surface area contributed by atoms with Crippen molar-refractivity contribution >= 4 is 23.2 Å². The second-order valence-electron chi connectivity index (χ2n) is 7.15. The smallest absolute Gasteiger partial charge is 0.255 e. The third-order valence-electron chi connectivity index (χ3n) is 4.77. The first-order valence-corrected chi connectivity index (χ1v) is 9.91. The number of carbonyl (C=O) groups is 1. The second-order valence-corrected chi connectivity index (χ2v) is 7.58. The first-order valence-electron chi connectivity index (χ1n) is 9.54. The van der Waals surface area contributed by atoms with Crippen LogP contribution < -0.4 is 5.32 Å². The number of benzene rings is 2. The van der Waals surface area contributed by atoms with Crippen molar-refractivity contribution in [1.82, 2.24) is 14.8 Å². The summed E-state index contributed by atoms with van der Waals surface area (Å²) >= 11 is 5.95.